The summed E-state index contributed by atoms with van der Waals surface area (Å²) in [6.45, 7) is 5.09. The summed E-state index contributed by atoms with van der Waals surface area (Å²) in [5.41, 5.74) is 0. The fraction of sp³-hybridized carbons (Fsp3) is 0.818. The quantitative estimate of drug-likeness (QED) is 0.674. The third kappa shape index (κ3) is 3.03. The molecule has 0 atom stereocenters. The first-order chi connectivity index (χ1) is 6.27. The van der Waals surface area contributed by atoms with Crippen LogP contribution in [0.3, 0.4) is 0 Å². The van der Waals surface area contributed by atoms with E-state index in [0.29, 0.717) is 5.92 Å². The van der Waals surface area contributed by atoms with Crippen LogP contribution in [-0.4, -0.2) is 20.7 Å². The Morgan fingerprint density at radius 2 is 2.00 bits per heavy atom. The number of hydrogen-bond donors (Lipinski definition) is 1. The van der Waals surface area contributed by atoms with Gasteiger partial charge in [0.2, 0.25) is 0 Å². The van der Waals surface area contributed by atoms with E-state index in [1.165, 1.54) is 25.7 Å². The molecule has 0 aromatic carbocycles. The van der Waals surface area contributed by atoms with Gasteiger partial charge >= 0.3 is 0 Å². The van der Waals surface area contributed by atoms with Crippen LogP contribution in [0, 0.1) is 11.8 Å². The second-order valence-electron chi connectivity index (χ2n) is 3.95. The fourth-order valence-electron chi connectivity index (χ4n) is 2.14. The molecule has 0 aromatic heterocycles. The average molecular weight is 183 g/mol. The van der Waals surface area contributed by atoms with Crippen molar-refractivity contribution >= 4 is 0 Å². The van der Waals surface area contributed by atoms with Crippen LogP contribution < -0.4 is 5.32 Å². The van der Waals surface area contributed by atoms with Gasteiger partial charge < -0.3 is 10.1 Å². The lowest BCUT2D eigenvalue weighted by molar-refractivity contribution is 0.194. The molecule has 1 N–H and O–H groups in total. The summed E-state index contributed by atoms with van der Waals surface area (Å²) in [6, 6.07) is 0. The average Bonchev–Trinajstić information content (AvgIpc) is 2.18. The maximum Gasteiger partial charge on any atom is 0.0914 e. The van der Waals surface area contributed by atoms with E-state index in [1.807, 2.05) is 7.05 Å². The molecule has 0 aliphatic heterocycles. The van der Waals surface area contributed by atoms with Crippen molar-refractivity contribution < 1.29 is 4.74 Å². The monoisotopic (exact) mass is 183 g/mol. The van der Waals surface area contributed by atoms with Gasteiger partial charge in [0.05, 0.1) is 12.9 Å². The molecular weight excluding hydrogens is 162 g/mol. The van der Waals surface area contributed by atoms with Crippen LogP contribution in [0.2, 0.25) is 0 Å². The van der Waals surface area contributed by atoms with E-state index in [-0.39, 0.29) is 0 Å². The Morgan fingerprint density at radius 1 is 1.38 bits per heavy atom. The third-order valence-corrected chi connectivity index (χ3v) is 3.06. The Labute approximate surface area is 81.4 Å². The standard InChI is InChI=1S/C11H21NO/c1-9(13-3)11-6-4-10(5-7-11)8-12-2/h10-12H,1,4-8H2,2-3H3. The minimum Gasteiger partial charge on any atom is -0.501 e. The molecule has 0 bridgehead atoms. The predicted molar refractivity (Wildman–Crippen MR) is 55.5 cm³/mol. The van der Waals surface area contributed by atoms with Gasteiger partial charge in [-0.3, -0.25) is 0 Å². The lowest BCUT2D eigenvalue weighted by Crippen LogP contribution is -2.24. The molecule has 2 heteroatoms. The van der Waals surface area contributed by atoms with E-state index >= 15 is 0 Å². The summed E-state index contributed by atoms with van der Waals surface area (Å²) in [7, 11) is 3.75. The topological polar surface area (TPSA) is 21.3 Å². The molecule has 13 heavy (non-hydrogen) atoms. The number of hydrogen-bond acceptors (Lipinski definition) is 2. The predicted octanol–water partition coefficient (Wildman–Crippen LogP) is 2.17. The number of rotatable bonds is 4. The van der Waals surface area contributed by atoms with Gasteiger partial charge in [-0.1, -0.05) is 6.58 Å². The van der Waals surface area contributed by atoms with Gasteiger partial charge in [-0.25, -0.2) is 0 Å². The van der Waals surface area contributed by atoms with Crippen LogP contribution in [0.5, 0.6) is 0 Å². The highest BCUT2D eigenvalue weighted by atomic mass is 16.5. The summed E-state index contributed by atoms with van der Waals surface area (Å²) in [5.74, 6) is 2.45. The molecule has 0 amide bonds. The summed E-state index contributed by atoms with van der Waals surface area (Å²) in [4.78, 5) is 0. The van der Waals surface area contributed by atoms with Crippen molar-refractivity contribution in [1.82, 2.24) is 5.32 Å². The number of ether oxygens (including phenoxy) is 1. The third-order valence-electron chi connectivity index (χ3n) is 3.06. The SMILES string of the molecule is C=C(OC)C1CCC(CNC)CC1. The number of methoxy groups -OCH3 is 1. The van der Waals surface area contributed by atoms with Crippen molar-refractivity contribution in [3.05, 3.63) is 12.3 Å². The first-order valence-electron chi connectivity index (χ1n) is 5.15. The molecule has 1 saturated carbocycles. The highest BCUT2D eigenvalue weighted by molar-refractivity contribution is 4.93. The highest BCUT2D eigenvalue weighted by Gasteiger charge is 2.22. The Kier molecular flexibility index (Phi) is 4.29. The number of allylic oxidation sites excluding steroid dienone is 1. The van der Waals surface area contributed by atoms with Gasteiger partial charge in [0, 0.05) is 5.92 Å². The molecule has 0 radical (unpaired) electrons. The molecule has 0 spiro atoms. The zero-order chi connectivity index (χ0) is 9.68. The van der Waals surface area contributed by atoms with Gasteiger partial charge in [0.15, 0.2) is 0 Å². The van der Waals surface area contributed by atoms with Gasteiger partial charge in [-0.15, -0.1) is 0 Å². The second-order valence-corrected chi connectivity index (χ2v) is 3.95. The van der Waals surface area contributed by atoms with Crippen LogP contribution in [0.1, 0.15) is 25.7 Å². The lowest BCUT2D eigenvalue weighted by Gasteiger charge is -2.28. The van der Waals surface area contributed by atoms with Crippen LogP contribution in [0.25, 0.3) is 0 Å². The summed E-state index contributed by atoms with van der Waals surface area (Å²) >= 11 is 0. The van der Waals surface area contributed by atoms with E-state index in [0.717, 1.165) is 18.2 Å². The molecule has 0 unspecified atom stereocenters. The molecule has 1 aliphatic rings. The molecule has 76 valence electrons. The van der Waals surface area contributed by atoms with Crippen molar-refractivity contribution in [2.75, 3.05) is 20.7 Å². The van der Waals surface area contributed by atoms with Gasteiger partial charge in [-0.05, 0) is 45.2 Å². The van der Waals surface area contributed by atoms with Gasteiger partial charge in [0.25, 0.3) is 0 Å². The van der Waals surface area contributed by atoms with Crippen LogP contribution >= 0.6 is 0 Å². The largest absolute Gasteiger partial charge is 0.501 e. The van der Waals surface area contributed by atoms with Crippen molar-refractivity contribution in [3.8, 4) is 0 Å². The Hall–Kier alpha value is -0.500. The highest BCUT2D eigenvalue weighted by Crippen LogP contribution is 2.32. The summed E-state index contributed by atoms with van der Waals surface area (Å²) in [5, 5.41) is 3.24. The molecule has 0 heterocycles. The minimum absolute atomic E-state index is 0.609. The van der Waals surface area contributed by atoms with E-state index < -0.39 is 0 Å². The summed E-state index contributed by atoms with van der Waals surface area (Å²) < 4.78 is 5.17. The van der Waals surface area contributed by atoms with E-state index in [1.54, 1.807) is 7.11 Å². The molecule has 0 saturated heterocycles. The Bertz CT molecular complexity index is 159. The number of nitrogens with one attached hydrogen (secondary N) is 1. The van der Waals surface area contributed by atoms with E-state index in [4.69, 9.17) is 4.74 Å². The molecular formula is C11H21NO. The first kappa shape index (κ1) is 10.6. The summed E-state index contributed by atoms with van der Waals surface area (Å²) in [6.07, 6.45) is 5.12. The molecule has 2 nitrogen and oxygen atoms in total. The van der Waals surface area contributed by atoms with Gasteiger partial charge in [-0.2, -0.15) is 0 Å². The normalized spacial score (nSPS) is 28.5. The maximum absolute atomic E-state index is 5.17. The minimum atomic E-state index is 0.609. The zero-order valence-corrected chi connectivity index (χ0v) is 8.81. The van der Waals surface area contributed by atoms with Crippen LogP contribution in [-0.2, 0) is 4.74 Å². The van der Waals surface area contributed by atoms with E-state index in [9.17, 15) is 0 Å². The van der Waals surface area contributed by atoms with Crippen LogP contribution in [0.15, 0.2) is 12.3 Å². The second kappa shape index (κ2) is 5.28. The van der Waals surface area contributed by atoms with Crippen molar-refractivity contribution in [1.29, 1.82) is 0 Å². The fourth-order valence-corrected chi connectivity index (χ4v) is 2.14. The van der Waals surface area contributed by atoms with Crippen LogP contribution in [0.4, 0.5) is 0 Å². The van der Waals surface area contributed by atoms with Gasteiger partial charge in [0.1, 0.15) is 0 Å². The zero-order valence-electron chi connectivity index (χ0n) is 8.81. The smallest absolute Gasteiger partial charge is 0.0914 e. The van der Waals surface area contributed by atoms with Crippen molar-refractivity contribution in [3.63, 3.8) is 0 Å². The van der Waals surface area contributed by atoms with Crippen molar-refractivity contribution in [2.24, 2.45) is 11.8 Å². The molecule has 1 fully saturated rings. The molecule has 0 aromatic rings. The Morgan fingerprint density at radius 3 is 2.46 bits per heavy atom. The first-order valence-corrected chi connectivity index (χ1v) is 5.15. The van der Waals surface area contributed by atoms with Crippen molar-refractivity contribution in [2.45, 2.75) is 25.7 Å². The maximum atomic E-state index is 5.17. The van der Waals surface area contributed by atoms with E-state index in [2.05, 4.69) is 11.9 Å². The Balaban J connectivity index is 2.26. The molecule has 1 rings (SSSR count). The lowest BCUT2D eigenvalue weighted by atomic mass is 9.81. The molecule has 1 aliphatic carbocycles.